The molecule has 8 heteroatoms. The summed E-state index contributed by atoms with van der Waals surface area (Å²) in [5.74, 6) is -1.75. The van der Waals surface area contributed by atoms with E-state index in [1.54, 1.807) is 14.0 Å². The third-order valence-corrected chi connectivity index (χ3v) is 3.71. The standard InChI is InChI=1S/C12H15N3O5/c1-7(12(17)18)8-4-14(5-8)11(16)10-3-9(15(19)20)6-13(10)2/h3,6-8H,4-5H2,1-2H3,(H,17,18). The Morgan fingerprint density at radius 2 is 2.10 bits per heavy atom. The molecule has 1 atom stereocenters. The van der Waals surface area contributed by atoms with Crippen LogP contribution in [0.3, 0.4) is 0 Å². The monoisotopic (exact) mass is 281 g/mol. The molecule has 0 aliphatic carbocycles. The van der Waals surface area contributed by atoms with Crippen molar-refractivity contribution in [1.29, 1.82) is 0 Å². The molecule has 0 radical (unpaired) electrons. The Hall–Kier alpha value is -2.38. The molecule has 2 rings (SSSR count). The minimum absolute atomic E-state index is 0.0632. The van der Waals surface area contributed by atoms with Gasteiger partial charge in [-0.05, 0) is 0 Å². The minimum atomic E-state index is -0.878. The molecule has 1 N–H and O–H groups in total. The maximum Gasteiger partial charge on any atom is 0.306 e. The lowest BCUT2D eigenvalue weighted by molar-refractivity contribution is -0.384. The summed E-state index contributed by atoms with van der Waals surface area (Å²) in [6, 6.07) is 1.23. The van der Waals surface area contributed by atoms with E-state index in [-0.39, 0.29) is 23.2 Å². The lowest BCUT2D eigenvalue weighted by Gasteiger charge is -2.41. The van der Waals surface area contributed by atoms with Gasteiger partial charge >= 0.3 is 5.97 Å². The van der Waals surface area contributed by atoms with Gasteiger partial charge in [0.15, 0.2) is 0 Å². The molecule has 8 nitrogen and oxygen atoms in total. The van der Waals surface area contributed by atoms with Crippen LogP contribution in [0.25, 0.3) is 0 Å². The highest BCUT2D eigenvalue weighted by Gasteiger charge is 2.38. The molecule has 0 aromatic carbocycles. The normalized spacial score (nSPS) is 16.6. The van der Waals surface area contributed by atoms with Crippen molar-refractivity contribution in [3.8, 4) is 0 Å². The lowest BCUT2D eigenvalue weighted by Crippen LogP contribution is -2.53. The first-order valence-corrected chi connectivity index (χ1v) is 6.14. The third-order valence-electron chi connectivity index (χ3n) is 3.71. The zero-order valence-electron chi connectivity index (χ0n) is 11.1. The van der Waals surface area contributed by atoms with E-state index in [1.165, 1.54) is 21.7 Å². The molecule has 20 heavy (non-hydrogen) atoms. The number of rotatable bonds is 4. The number of aryl methyl sites for hydroxylation is 1. The summed E-state index contributed by atoms with van der Waals surface area (Å²) in [6.07, 6.45) is 1.28. The average molecular weight is 281 g/mol. The molecule has 1 saturated heterocycles. The van der Waals surface area contributed by atoms with E-state index < -0.39 is 16.8 Å². The summed E-state index contributed by atoms with van der Waals surface area (Å²) >= 11 is 0. The number of hydrogen-bond acceptors (Lipinski definition) is 4. The minimum Gasteiger partial charge on any atom is -0.481 e. The molecular weight excluding hydrogens is 266 g/mol. The lowest BCUT2D eigenvalue weighted by atomic mass is 9.87. The second-order valence-corrected chi connectivity index (χ2v) is 5.05. The van der Waals surface area contributed by atoms with E-state index >= 15 is 0 Å². The number of aromatic nitrogens is 1. The van der Waals surface area contributed by atoms with Gasteiger partial charge in [-0.25, -0.2) is 0 Å². The topological polar surface area (TPSA) is 106 Å². The van der Waals surface area contributed by atoms with Crippen LogP contribution in [0.5, 0.6) is 0 Å². The fourth-order valence-corrected chi connectivity index (χ4v) is 2.22. The first-order chi connectivity index (χ1) is 9.31. The SMILES string of the molecule is CC(C(=O)O)C1CN(C(=O)c2cc([N+](=O)[O-])cn2C)C1. The van der Waals surface area contributed by atoms with Gasteiger partial charge in [0.25, 0.3) is 11.6 Å². The summed E-state index contributed by atoms with van der Waals surface area (Å²) < 4.78 is 1.41. The average Bonchev–Trinajstić information content (AvgIpc) is 2.69. The van der Waals surface area contributed by atoms with E-state index in [9.17, 15) is 19.7 Å². The molecular formula is C12H15N3O5. The zero-order chi connectivity index (χ0) is 15.0. The van der Waals surface area contributed by atoms with Crippen LogP contribution >= 0.6 is 0 Å². The fraction of sp³-hybridized carbons (Fsp3) is 0.500. The van der Waals surface area contributed by atoms with Gasteiger partial charge in [0.2, 0.25) is 0 Å². The summed E-state index contributed by atoms with van der Waals surface area (Å²) in [7, 11) is 1.57. The van der Waals surface area contributed by atoms with Gasteiger partial charge in [-0.2, -0.15) is 0 Å². The Balaban J connectivity index is 2.04. The molecule has 1 aliphatic heterocycles. The molecule has 1 amide bonds. The molecule has 0 saturated carbocycles. The maximum absolute atomic E-state index is 12.2. The number of carbonyl (C=O) groups excluding carboxylic acids is 1. The number of nitro groups is 1. The number of amides is 1. The summed E-state index contributed by atoms with van der Waals surface area (Å²) in [4.78, 5) is 34.6. The van der Waals surface area contributed by atoms with Crippen LogP contribution in [0.4, 0.5) is 5.69 Å². The highest BCUT2D eigenvalue weighted by Crippen LogP contribution is 2.26. The van der Waals surface area contributed by atoms with Crippen LogP contribution in [0.1, 0.15) is 17.4 Å². The first-order valence-electron chi connectivity index (χ1n) is 6.14. The molecule has 1 fully saturated rings. The van der Waals surface area contributed by atoms with Gasteiger partial charge in [-0.1, -0.05) is 6.92 Å². The number of hydrogen-bond donors (Lipinski definition) is 1. The maximum atomic E-state index is 12.2. The Morgan fingerprint density at radius 1 is 1.50 bits per heavy atom. The van der Waals surface area contributed by atoms with Crippen LogP contribution in [0, 0.1) is 22.0 Å². The third kappa shape index (κ3) is 2.36. The van der Waals surface area contributed by atoms with Gasteiger partial charge < -0.3 is 14.6 Å². The van der Waals surface area contributed by atoms with Crippen molar-refractivity contribution in [3.05, 3.63) is 28.1 Å². The fourth-order valence-electron chi connectivity index (χ4n) is 2.22. The van der Waals surface area contributed by atoms with Crippen LogP contribution in [0.2, 0.25) is 0 Å². The highest BCUT2D eigenvalue weighted by molar-refractivity contribution is 5.94. The van der Waals surface area contributed by atoms with Crippen molar-refractivity contribution < 1.29 is 19.6 Å². The number of aliphatic carboxylic acids is 1. The van der Waals surface area contributed by atoms with Gasteiger partial charge in [-0.3, -0.25) is 19.7 Å². The van der Waals surface area contributed by atoms with Crippen molar-refractivity contribution in [3.63, 3.8) is 0 Å². The zero-order valence-corrected chi connectivity index (χ0v) is 11.1. The molecule has 1 aliphatic rings. The van der Waals surface area contributed by atoms with Crippen LogP contribution in [-0.4, -0.2) is 44.5 Å². The van der Waals surface area contributed by atoms with Crippen LogP contribution in [0.15, 0.2) is 12.3 Å². The van der Waals surface area contributed by atoms with Crippen molar-refractivity contribution >= 4 is 17.6 Å². The molecule has 0 bridgehead atoms. The largest absolute Gasteiger partial charge is 0.481 e. The van der Waals surface area contributed by atoms with E-state index in [0.717, 1.165) is 0 Å². The Labute approximate surface area is 114 Å². The Kier molecular flexibility index (Phi) is 3.47. The van der Waals surface area contributed by atoms with E-state index in [4.69, 9.17) is 5.11 Å². The van der Waals surface area contributed by atoms with Crippen molar-refractivity contribution in [2.75, 3.05) is 13.1 Å². The molecule has 1 unspecified atom stereocenters. The number of carboxylic acids is 1. The molecule has 1 aromatic heterocycles. The molecule has 1 aromatic rings. The van der Waals surface area contributed by atoms with Crippen LogP contribution in [-0.2, 0) is 11.8 Å². The van der Waals surface area contributed by atoms with E-state index in [0.29, 0.717) is 13.1 Å². The number of carbonyl (C=O) groups is 2. The van der Waals surface area contributed by atoms with Gasteiger partial charge in [0.1, 0.15) is 5.69 Å². The summed E-state index contributed by atoms with van der Waals surface area (Å²) in [5.41, 5.74) is 0.102. The summed E-state index contributed by atoms with van der Waals surface area (Å²) in [6.45, 7) is 2.35. The highest BCUT2D eigenvalue weighted by atomic mass is 16.6. The van der Waals surface area contributed by atoms with E-state index in [1.807, 2.05) is 0 Å². The number of nitrogens with zero attached hydrogens (tertiary/aromatic N) is 3. The molecule has 0 spiro atoms. The van der Waals surface area contributed by atoms with Gasteiger partial charge in [0.05, 0.1) is 17.0 Å². The Morgan fingerprint density at radius 3 is 2.55 bits per heavy atom. The van der Waals surface area contributed by atoms with E-state index in [2.05, 4.69) is 0 Å². The van der Waals surface area contributed by atoms with Crippen molar-refractivity contribution in [1.82, 2.24) is 9.47 Å². The first kappa shape index (κ1) is 14.0. The van der Waals surface area contributed by atoms with Crippen molar-refractivity contribution in [2.45, 2.75) is 6.92 Å². The summed E-state index contributed by atoms with van der Waals surface area (Å²) in [5, 5.41) is 19.5. The Bertz CT molecular complexity index is 574. The second-order valence-electron chi connectivity index (χ2n) is 5.05. The van der Waals surface area contributed by atoms with Crippen molar-refractivity contribution in [2.24, 2.45) is 18.9 Å². The van der Waals surface area contributed by atoms with Gasteiger partial charge in [-0.15, -0.1) is 0 Å². The predicted octanol–water partition coefficient (Wildman–Crippen LogP) is 0.726. The quantitative estimate of drug-likeness (QED) is 0.646. The smallest absolute Gasteiger partial charge is 0.306 e. The van der Waals surface area contributed by atoms with Gasteiger partial charge in [0, 0.05) is 32.1 Å². The molecule has 2 heterocycles. The molecule has 108 valence electrons. The number of likely N-dealkylation sites (tertiary alicyclic amines) is 1. The van der Waals surface area contributed by atoms with Crippen LogP contribution < -0.4 is 0 Å². The predicted molar refractivity (Wildman–Crippen MR) is 68.3 cm³/mol. The number of carboxylic acid groups (broad SMARTS) is 1. The second kappa shape index (κ2) is 4.95.